The SMILES string of the molecule is CCOC(=O)COc1ccc(S(=O)(=O)NC)cc1. The zero-order chi connectivity index (χ0) is 13.6. The highest BCUT2D eigenvalue weighted by Crippen LogP contribution is 2.15. The Morgan fingerprint density at radius 1 is 1.28 bits per heavy atom. The highest BCUT2D eigenvalue weighted by molar-refractivity contribution is 7.89. The van der Waals surface area contributed by atoms with E-state index in [0.29, 0.717) is 12.4 Å². The first-order valence-corrected chi connectivity index (χ1v) is 6.80. The molecule has 1 aromatic rings. The molecule has 6 nitrogen and oxygen atoms in total. The predicted molar refractivity (Wildman–Crippen MR) is 64.8 cm³/mol. The summed E-state index contributed by atoms with van der Waals surface area (Å²) in [6.07, 6.45) is 0. The van der Waals surface area contributed by atoms with Crippen LogP contribution in [0.4, 0.5) is 0 Å². The van der Waals surface area contributed by atoms with Crippen molar-refractivity contribution in [2.75, 3.05) is 20.3 Å². The van der Waals surface area contributed by atoms with Crippen molar-refractivity contribution in [2.45, 2.75) is 11.8 Å². The summed E-state index contributed by atoms with van der Waals surface area (Å²) in [7, 11) is -2.12. The van der Waals surface area contributed by atoms with Crippen LogP contribution in [0.25, 0.3) is 0 Å². The molecular weight excluding hydrogens is 258 g/mol. The van der Waals surface area contributed by atoms with E-state index in [1.165, 1.54) is 31.3 Å². The molecule has 0 bridgehead atoms. The van der Waals surface area contributed by atoms with Crippen molar-refractivity contribution < 1.29 is 22.7 Å². The lowest BCUT2D eigenvalue weighted by atomic mass is 10.3. The fourth-order valence-corrected chi connectivity index (χ4v) is 1.91. The summed E-state index contributed by atoms with van der Waals surface area (Å²) >= 11 is 0. The monoisotopic (exact) mass is 273 g/mol. The van der Waals surface area contributed by atoms with E-state index in [4.69, 9.17) is 4.74 Å². The summed E-state index contributed by atoms with van der Waals surface area (Å²) in [6.45, 7) is 1.79. The number of hydrogen-bond acceptors (Lipinski definition) is 5. The van der Waals surface area contributed by atoms with Crippen LogP contribution in [0, 0.1) is 0 Å². The molecule has 0 saturated heterocycles. The van der Waals surface area contributed by atoms with Gasteiger partial charge in [-0.2, -0.15) is 0 Å². The van der Waals surface area contributed by atoms with Gasteiger partial charge in [0.1, 0.15) is 5.75 Å². The van der Waals surface area contributed by atoms with Crippen LogP contribution in [0.1, 0.15) is 6.92 Å². The van der Waals surface area contributed by atoms with Gasteiger partial charge in [0.25, 0.3) is 0 Å². The zero-order valence-electron chi connectivity index (χ0n) is 10.2. The normalized spacial score (nSPS) is 11.0. The van der Waals surface area contributed by atoms with E-state index in [1.807, 2.05) is 0 Å². The smallest absolute Gasteiger partial charge is 0.344 e. The molecule has 0 heterocycles. The lowest BCUT2D eigenvalue weighted by Gasteiger charge is -2.07. The van der Waals surface area contributed by atoms with Crippen LogP contribution in [0.5, 0.6) is 5.75 Å². The Balaban J connectivity index is 2.64. The molecule has 0 aliphatic carbocycles. The lowest BCUT2D eigenvalue weighted by Crippen LogP contribution is -2.18. The van der Waals surface area contributed by atoms with Crippen molar-refractivity contribution in [1.82, 2.24) is 4.72 Å². The third-order valence-electron chi connectivity index (χ3n) is 2.06. The van der Waals surface area contributed by atoms with E-state index < -0.39 is 16.0 Å². The molecule has 0 unspecified atom stereocenters. The summed E-state index contributed by atoms with van der Waals surface area (Å²) < 4.78 is 34.9. The molecule has 0 aromatic heterocycles. The molecule has 0 amide bonds. The summed E-state index contributed by atoms with van der Waals surface area (Å²) in [6, 6.07) is 5.74. The maximum absolute atomic E-state index is 11.4. The number of benzene rings is 1. The van der Waals surface area contributed by atoms with E-state index in [9.17, 15) is 13.2 Å². The first kappa shape index (κ1) is 14.5. The molecule has 1 rings (SSSR count). The van der Waals surface area contributed by atoms with Gasteiger partial charge in [-0.1, -0.05) is 0 Å². The number of ether oxygens (including phenoxy) is 2. The van der Waals surface area contributed by atoms with E-state index in [0.717, 1.165) is 0 Å². The number of sulfonamides is 1. The summed E-state index contributed by atoms with van der Waals surface area (Å²) in [5, 5.41) is 0. The van der Waals surface area contributed by atoms with E-state index in [2.05, 4.69) is 9.46 Å². The lowest BCUT2D eigenvalue weighted by molar-refractivity contribution is -0.145. The highest BCUT2D eigenvalue weighted by Gasteiger charge is 2.11. The second-order valence-electron chi connectivity index (χ2n) is 3.27. The fourth-order valence-electron chi connectivity index (χ4n) is 1.18. The second-order valence-corrected chi connectivity index (χ2v) is 5.16. The van der Waals surface area contributed by atoms with Crippen LogP contribution in [-0.4, -0.2) is 34.6 Å². The molecule has 0 saturated carbocycles. The molecule has 0 aliphatic rings. The van der Waals surface area contributed by atoms with Gasteiger partial charge in [0, 0.05) is 0 Å². The Labute approximate surface area is 106 Å². The van der Waals surface area contributed by atoms with Crippen LogP contribution in [0.2, 0.25) is 0 Å². The predicted octanol–water partition coefficient (Wildman–Crippen LogP) is 0.537. The molecule has 0 spiro atoms. The fraction of sp³-hybridized carbons (Fsp3) is 0.364. The van der Waals surface area contributed by atoms with Crippen LogP contribution >= 0.6 is 0 Å². The number of carbonyl (C=O) groups is 1. The number of nitrogens with one attached hydrogen (secondary N) is 1. The third kappa shape index (κ3) is 4.01. The molecular formula is C11H15NO5S. The molecule has 7 heteroatoms. The van der Waals surface area contributed by atoms with Gasteiger partial charge in [-0.15, -0.1) is 0 Å². The van der Waals surface area contributed by atoms with Gasteiger partial charge in [-0.3, -0.25) is 0 Å². The van der Waals surface area contributed by atoms with Crippen LogP contribution in [-0.2, 0) is 19.6 Å². The van der Waals surface area contributed by atoms with Gasteiger partial charge in [0.15, 0.2) is 6.61 Å². The van der Waals surface area contributed by atoms with Gasteiger partial charge < -0.3 is 9.47 Å². The molecule has 1 N–H and O–H groups in total. The van der Waals surface area contributed by atoms with Gasteiger partial charge >= 0.3 is 5.97 Å². The van der Waals surface area contributed by atoms with Crippen molar-refractivity contribution >= 4 is 16.0 Å². The van der Waals surface area contributed by atoms with E-state index in [-0.39, 0.29) is 11.5 Å². The van der Waals surface area contributed by atoms with E-state index >= 15 is 0 Å². The summed E-state index contributed by atoms with van der Waals surface area (Å²) in [5.41, 5.74) is 0. The van der Waals surface area contributed by atoms with Crippen molar-refractivity contribution in [3.8, 4) is 5.75 Å². The Morgan fingerprint density at radius 2 is 1.89 bits per heavy atom. The molecule has 0 radical (unpaired) electrons. The van der Waals surface area contributed by atoms with E-state index in [1.54, 1.807) is 6.92 Å². The van der Waals surface area contributed by atoms with Gasteiger partial charge in [-0.25, -0.2) is 17.9 Å². The number of hydrogen-bond donors (Lipinski definition) is 1. The molecule has 0 fully saturated rings. The minimum absolute atomic E-state index is 0.133. The Bertz CT molecular complexity index is 495. The number of carbonyl (C=O) groups excluding carboxylic acids is 1. The number of esters is 1. The van der Waals surface area contributed by atoms with Crippen molar-refractivity contribution in [1.29, 1.82) is 0 Å². The molecule has 0 aliphatic heterocycles. The van der Waals surface area contributed by atoms with Crippen LogP contribution in [0.15, 0.2) is 29.2 Å². The zero-order valence-corrected chi connectivity index (χ0v) is 11.0. The van der Waals surface area contributed by atoms with Gasteiger partial charge in [0.05, 0.1) is 11.5 Å². The van der Waals surface area contributed by atoms with Crippen molar-refractivity contribution in [2.24, 2.45) is 0 Å². The first-order valence-electron chi connectivity index (χ1n) is 5.31. The third-order valence-corrected chi connectivity index (χ3v) is 3.49. The van der Waals surface area contributed by atoms with Crippen LogP contribution < -0.4 is 9.46 Å². The minimum atomic E-state index is -3.45. The minimum Gasteiger partial charge on any atom is -0.482 e. The van der Waals surface area contributed by atoms with Gasteiger partial charge in [-0.05, 0) is 38.2 Å². The second kappa shape index (κ2) is 6.36. The first-order chi connectivity index (χ1) is 8.49. The average Bonchev–Trinajstić information content (AvgIpc) is 2.37. The van der Waals surface area contributed by atoms with Crippen molar-refractivity contribution in [3.63, 3.8) is 0 Å². The summed E-state index contributed by atoms with van der Waals surface area (Å²) in [4.78, 5) is 11.2. The van der Waals surface area contributed by atoms with Gasteiger partial charge in [0.2, 0.25) is 10.0 Å². The topological polar surface area (TPSA) is 81.7 Å². The maximum atomic E-state index is 11.4. The Morgan fingerprint density at radius 3 is 2.39 bits per heavy atom. The quantitative estimate of drug-likeness (QED) is 0.765. The Kier molecular flexibility index (Phi) is 5.11. The molecule has 18 heavy (non-hydrogen) atoms. The Hall–Kier alpha value is -1.60. The largest absolute Gasteiger partial charge is 0.482 e. The van der Waals surface area contributed by atoms with Crippen LogP contribution in [0.3, 0.4) is 0 Å². The molecule has 1 aromatic carbocycles. The molecule has 0 atom stereocenters. The molecule has 100 valence electrons. The van der Waals surface area contributed by atoms with Crippen molar-refractivity contribution in [3.05, 3.63) is 24.3 Å². The highest BCUT2D eigenvalue weighted by atomic mass is 32.2. The summed E-state index contributed by atoms with van der Waals surface area (Å²) in [5.74, 6) is -0.0671. The maximum Gasteiger partial charge on any atom is 0.344 e. The number of rotatable bonds is 6. The average molecular weight is 273 g/mol. The standard InChI is InChI=1S/C11H15NO5S/c1-3-16-11(13)8-17-9-4-6-10(7-5-9)18(14,15)12-2/h4-7,12H,3,8H2,1-2H3.